The molecule has 1 aromatic rings. The predicted octanol–water partition coefficient (Wildman–Crippen LogP) is 5.34. The molecule has 4 rings (SSSR count). The Labute approximate surface area is 227 Å². The zero-order valence-corrected chi connectivity index (χ0v) is 22.9. The number of carboxylic acids is 1. The van der Waals surface area contributed by atoms with Crippen molar-refractivity contribution in [3.05, 3.63) is 29.3 Å². The first-order chi connectivity index (χ1) is 18.5. The normalized spacial score (nSPS) is 25.2. The van der Waals surface area contributed by atoms with E-state index in [1.807, 2.05) is 12.1 Å². The summed E-state index contributed by atoms with van der Waals surface area (Å²) in [6, 6.07) is 5.88. The minimum Gasteiger partial charge on any atom is -0.482 e. The Balaban J connectivity index is 1.33. The molecule has 2 N–H and O–H groups in total. The summed E-state index contributed by atoms with van der Waals surface area (Å²) in [7, 11) is 0. The molecule has 5 atom stereocenters. The third-order valence-corrected chi connectivity index (χ3v) is 8.90. The number of unbranched alkanes of at least 4 members (excludes halogenated alkanes) is 6. The molecule has 1 heterocycles. The van der Waals surface area contributed by atoms with Crippen LogP contribution < -0.4 is 4.74 Å². The van der Waals surface area contributed by atoms with E-state index in [0.717, 1.165) is 50.5 Å². The van der Waals surface area contributed by atoms with Crippen LogP contribution in [0, 0.1) is 23.7 Å². The van der Waals surface area contributed by atoms with Crippen molar-refractivity contribution in [2.24, 2.45) is 23.7 Å². The standard InChI is InChI=1S/C31H46O7/c1-2-3-4-5-6-7-8-11-24(38-31(35)23-18-36-19-23)13-14-25-26-15-21-10-9-12-29(37-20-30(33)34)27(21)16-22(26)17-28(25)32/h9-10,12,22-26,28,32H,2-8,11,13-20H2,1H3,(H,33,34)/t22-,24-,25+,26-,28+/m0/s1. The van der Waals surface area contributed by atoms with Gasteiger partial charge in [0.15, 0.2) is 6.61 Å². The molecule has 0 radical (unpaired) electrons. The van der Waals surface area contributed by atoms with Crippen LogP contribution in [0.25, 0.3) is 0 Å². The van der Waals surface area contributed by atoms with Gasteiger partial charge in [-0.05, 0) is 79.9 Å². The summed E-state index contributed by atoms with van der Waals surface area (Å²) < 4.78 is 16.7. The van der Waals surface area contributed by atoms with Crippen LogP contribution >= 0.6 is 0 Å². The predicted molar refractivity (Wildman–Crippen MR) is 144 cm³/mol. The van der Waals surface area contributed by atoms with Crippen LogP contribution in [0.5, 0.6) is 5.75 Å². The fraction of sp³-hybridized carbons (Fsp3) is 0.742. The van der Waals surface area contributed by atoms with Crippen molar-refractivity contribution in [2.75, 3.05) is 19.8 Å². The molecule has 7 heteroatoms. The lowest BCUT2D eigenvalue weighted by Crippen LogP contribution is -2.38. The van der Waals surface area contributed by atoms with Crippen LogP contribution in [0.3, 0.4) is 0 Å². The molecule has 3 aliphatic rings. The molecule has 0 aromatic heterocycles. The van der Waals surface area contributed by atoms with Crippen molar-refractivity contribution in [1.29, 1.82) is 0 Å². The van der Waals surface area contributed by atoms with Gasteiger partial charge in [0.25, 0.3) is 0 Å². The minimum absolute atomic E-state index is 0.100. The second kappa shape index (κ2) is 14.3. The highest BCUT2D eigenvalue weighted by Crippen LogP contribution is 2.48. The molecule has 1 aliphatic heterocycles. The fourth-order valence-corrected chi connectivity index (χ4v) is 6.68. The van der Waals surface area contributed by atoms with E-state index in [-0.39, 0.29) is 36.6 Å². The van der Waals surface area contributed by atoms with E-state index in [1.165, 1.54) is 44.1 Å². The number of carbonyl (C=O) groups excluding carboxylic acids is 1. The first-order valence-electron chi connectivity index (χ1n) is 14.9. The number of rotatable bonds is 16. The molecule has 7 nitrogen and oxygen atoms in total. The van der Waals surface area contributed by atoms with Crippen molar-refractivity contribution in [1.82, 2.24) is 0 Å². The molecule has 38 heavy (non-hydrogen) atoms. The van der Waals surface area contributed by atoms with Gasteiger partial charge in [0.05, 0.1) is 19.3 Å². The van der Waals surface area contributed by atoms with E-state index in [1.54, 1.807) is 0 Å². The average molecular weight is 531 g/mol. The Morgan fingerprint density at radius 1 is 1.05 bits per heavy atom. The van der Waals surface area contributed by atoms with E-state index < -0.39 is 5.97 Å². The van der Waals surface area contributed by atoms with Crippen molar-refractivity contribution in [3.63, 3.8) is 0 Å². The number of fused-ring (bicyclic) bond motifs is 2. The monoisotopic (exact) mass is 530 g/mol. The number of aliphatic hydroxyl groups is 1. The summed E-state index contributed by atoms with van der Waals surface area (Å²) in [4.78, 5) is 23.6. The smallest absolute Gasteiger partial charge is 0.341 e. The van der Waals surface area contributed by atoms with Crippen molar-refractivity contribution >= 4 is 11.9 Å². The Morgan fingerprint density at radius 3 is 2.53 bits per heavy atom. The molecule has 1 saturated carbocycles. The molecule has 0 spiro atoms. The van der Waals surface area contributed by atoms with Gasteiger partial charge in [0, 0.05) is 0 Å². The Kier molecular flexibility index (Phi) is 10.9. The first kappa shape index (κ1) is 28.9. The molecule has 1 aromatic carbocycles. The summed E-state index contributed by atoms with van der Waals surface area (Å²) >= 11 is 0. The highest BCUT2D eigenvalue weighted by molar-refractivity contribution is 5.73. The topological polar surface area (TPSA) is 102 Å². The molecule has 2 aliphatic carbocycles. The Bertz CT molecular complexity index is 911. The van der Waals surface area contributed by atoms with Crippen LogP contribution in [-0.4, -0.2) is 54.2 Å². The van der Waals surface area contributed by atoms with Crippen LogP contribution in [0.4, 0.5) is 0 Å². The van der Waals surface area contributed by atoms with Gasteiger partial charge in [-0.2, -0.15) is 0 Å². The molecule has 0 bridgehead atoms. The van der Waals surface area contributed by atoms with Gasteiger partial charge in [-0.15, -0.1) is 0 Å². The minimum atomic E-state index is -0.982. The summed E-state index contributed by atoms with van der Waals surface area (Å²) in [5.41, 5.74) is 2.29. The molecule has 212 valence electrons. The molecular weight excluding hydrogens is 484 g/mol. The van der Waals surface area contributed by atoms with Crippen molar-refractivity contribution in [2.45, 2.75) is 103 Å². The largest absolute Gasteiger partial charge is 0.482 e. The molecule has 1 saturated heterocycles. The zero-order valence-electron chi connectivity index (χ0n) is 22.9. The van der Waals surface area contributed by atoms with E-state index >= 15 is 0 Å². The van der Waals surface area contributed by atoms with Gasteiger partial charge in [-0.3, -0.25) is 4.79 Å². The summed E-state index contributed by atoms with van der Waals surface area (Å²) in [6.45, 7) is 2.81. The Morgan fingerprint density at radius 2 is 1.82 bits per heavy atom. The van der Waals surface area contributed by atoms with Crippen LogP contribution in [-0.2, 0) is 31.9 Å². The van der Waals surface area contributed by atoms with Gasteiger partial charge in [0.2, 0.25) is 0 Å². The van der Waals surface area contributed by atoms with Crippen LogP contribution in [0.15, 0.2) is 18.2 Å². The van der Waals surface area contributed by atoms with Crippen LogP contribution in [0.2, 0.25) is 0 Å². The molecule has 0 unspecified atom stereocenters. The zero-order chi connectivity index (χ0) is 26.9. The summed E-state index contributed by atoms with van der Waals surface area (Å²) in [5.74, 6) is 0.330. The van der Waals surface area contributed by atoms with Gasteiger partial charge in [-0.1, -0.05) is 57.6 Å². The third-order valence-electron chi connectivity index (χ3n) is 8.90. The van der Waals surface area contributed by atoms with Crippen molar-refractivity contribution < 1.29 is 34.0 Å². The number of hydrogen-bond donors (Lipinski definition) is 2. The van der Waals surface area contributed by atoms with E-state index in [0.29, 0.717) is 30.8 Å². The van der Waals surface area contributed by atoms with Crippen molar-refractivity contribution in [3.8, 4) is 5.75 Å². The van der Waals surface area contributed by atoms with E-state index in [2.05, 4.69) is 13.0 Å². The van der Waals surface area contributed by atoms with Gasteiger partial charge >= 0.3 is 11.9 Å². The lowest BCUT2D eigenvalue weighted by atomic mass is 9.73. The highest BCUT2D eigenvalue weighted by atomic mass is 16.6. The number of ether oxygens (including phenoxy) is 3. The lowest BCUT2D eigenvalue weighted by molar-refractivity contribution is -0.169. The number of aliphatic hydroxyl groups excluding tert-OH is 1. The summed E-state index contributed by atoms with van der Waals surface area (Å²) in [5, 5.41) is 20.1. The number of benzene rings is 1. The second-order valence-corrected chi connectivity index (χ2v) is 11.7. The highest BCUT2D eigenvalue weighted by Gasteiger charge is 2.45. The molecular formula is C31H46O7. The molecule has 2 fully saturated rings. The number of hydrogen-bond acceptors (Lipinski definition) is 6. The van der Waals surface area contributed by atoms with E-state index in [4.69, 9.17) is 19.3 Å². The average Bonchev–Trinajstić information content (AvgIpc) is 3.16. The SMILES string of the molecule is CCCCCCCCC[C@@H](CC[C@@H]1[C@H]2Cc3cccc(OCC(=O)O)c3C[C@H]2C[C@H]1O)OC(=O)C1COC1. The number of carbonyl (C=O) groups is 2. The maximum absolute atomic E-state index is 12.6. The number of carboxylic acid groups (broad SMARTS) is 1. The van der Waals surface area contributed by atoms with Crippen LogP contribution in [0.1, 0.15) is 88.7 Å². The third kappa shape index (κ3) is 7.72. The summed E-state index contributed by atoms with van der Waals surface area (Å²) in [6.07, 6.45) is 13.1. The first-order valence-corrected chi connectivity index (χ1v) is 14.9. The lowest BCUT2D eigenvalue weighted by Gasteiger charge is -2.33. The fourth-order valence-electron chi connectivity index (χ4n) is 6.68. The van der Waals surface area contributed by atoms with Gasteiger partial charge < -0.3 is 24.4 Å². The molecule has 0 amide bonds. The van der Waals surface area contributed by atoms with Gasteiger partial charge in [0.1, 0.15) is 17.8 Å². The number of esters is 1. The number of aliphatic carboxylic acids is 1. The maximum atomic E-state index is 12.6. The second-order valence-electron chi connectivity index (χ2n) is 11.7. The Hall–Kier alpha value is -2.12. The van der Waals surface area contributed by atoms with E-state index in [9.17, 15) is 14.7 Å². The maximum Gasteiger partial charge on any atom is 0.341 e. The van der Waals surface area contributed by atoms with Gasteiger partial charge in [-0.25, -0.2) is 4.79 Å². The quantitative estimate of drug-likeness (QED) is 0.220.